The second-order valence-electron chi connectivity index (χ2n) is 7.30. The van der Waals surface area contributed by atoms with E-state index >= 15 is 0 Å². The summed E-state index contributed by atoms with van der Waals surface area (Å²) >= 11 is 5.78. The summed E-state index contributed by atoms with van der Waals surface area (Å²) in [6.45, 7) is 6.19. The maximum absolute atomic E-state index is 6.32. The molecule has 0 amide bonds. The van der Waals surface area contributed by atoms with Crippen LogP contribution in [0.1, 0.15) is 34.9 Å². The van der Waals surface area contributed by atoms with E-state index in [0.29, 0.717) is 13.2 Å². The summed E-state index contributed by atoms with van der Waals surface area (Å²) in [6, 6.07) is 12.5. The molecule has 3 aromatic rings. The zero-order valence-electron chi connectivity index (χ0n) is 17.3. The van der Waals surface area contributed by atoms with Crippen LogP contribution in [0, 0.1) is 11.7 Å². The maximum Gasteiger partial charge on any atom is 0.216 e. The number of aromatic nitrogens is 2. The first-order valence-corrected chi connectivity index (χ1v) is 10.2. The summed E-state index contributed by atoms with van der Waals surface area (Å²) in [5.41, 5.74) is 5.91. The molecular formula is C23H26N2O3S. The van der Waals surface area contributed by atoms with E-state index in [9.17, 15) is 0 Å². The van der Waals surface area contributed by atoms with Gasteiger partial charge in [0.15, 0.2) is 16.3 Å². The van der Waals surface area contributed by atoms with Gasteiger partial charge in [0.25, 0.3) is 0 Å². The summed E-state index contributed by atoms with van der Waals surface area (Å²) in [6.07, 6.45) is 0.746. The van der Waals surface area contributed by atoms with Gasteiger partial charge in [0.1, 0.15) is 6.61 Å². The van der Waals surface area contributed by atoms with Crippen molar-refractivity contribution in [3.8, 4) is 17.4 Å². The van der Waals surface area contributed by atoms with Crippen LogP contribution in [-0.2, 0) is 26.1 Å². The van der Waals surface area contributed by atoms with Crippen LogP contribution in [0.25, 0.3) is 0 Å². The average Bonchev–Trinajstić information content (AvgIpc) is 2.99. The van der Waals surface area contributed by atoms with E-state index in [1.807, 2.05) is 0 Å². The van der Waals surface area contributed by atoms with Gasteiger partial charge in [0, 0.05) is 13.0 Å². The van der Waals surface area contributed by atoms with Crippen molar-refractivity contribution in [2.24, 2.45) is 0 Å². The number of aryl methyl sites for hydroxylation is 1. The lowest BCUT2D eigenvalue weighted by Crippen LogP contribution is -2.15. The molecule has 2 heterocycles. The lowest BCUT2D eigenvalue weighted by molar-refractivity contribution is 0.276. The fourth-order valence-corrected chi connectivity index (χ4v) is 4.36. The molecule has 4 rings (SSSR count). The Kier molecular flexibility index (Phi) is 5.37. The number of benzene rings is 2. The highest BCUT2D eigenvalue weighted by Gasteiger charge is 2.26. The standard InChI is InChI=1S/C23H26N2O3S/c1-5-24-22(28-14-16-8-6-7-15(2)9-16)19-10-17-11-20(26-3)21(27-4)12-18(17)13-25(19)23(24)29/h6-9,11-12H,5,10,13-14H2,1-4H3. The van der Waals surface area contributed by atoms with Gasteiger partial charge in [0.05, 0.1) is 26.5 Å². The van der Waals surface area contributed by atoms with Crippen LogP contribution in [0.5, 0.6) is 17.4 Å². The second-order valence-corrected chi connectivity index (χ2v) is 7.66. The third-order valence-corrected chi connectivity index (χ3v) is 5.89. The summed E-state index contributed by atoms with van der Waals surface area (Å²) in [4.78, 5) is 0. The second kappa shape index (κ2) is 7.95. The Hall–Kier alpha value is -2.73. The maximum atomic E-state index is 6.32. The van der Waals surface area contributed by atoms with Crippen LogP contribution in [-0.4, -0.2) is 23.4 Å². The zero-order chi connectivity index (χ0) is 20.5. The summed E-state index contributed by atoms with van der Waals surface area (Å²) in [7, 11) is 3.33. The van der Waals surface area contributed by atoms with Crippen molar-refractivity contribution < 1.29 is 14.2 Å². The summed E-state index contributed by atoms with van der Waals surface area (Å²) in [5.74, 6) is 2.35. The molecule has 0 fully saturated rings. The zero-order valence-corrected chi connectivity index (χ0v) is 18.1. The molecule has 6 heteroatoms. The predicted octanol–water partition coefficient (Wildman–Crippen LogP) is 4.90. The normalized spacial score (nSPS) is 12.3. The molecule has 0 atom stereocenters. The first-order valence-electron chi connectivity index (χ1n) is 9.80. The van der Waals surface area contributed by atoms with Gasteiger partial charge >= 0.3 is 0 Å². The Morgan fingerprint density at radius 2 is 1.76 bits per heavy atom. The highest BCUT2D eigenvalue weighted by atomic mass is 32.1. The number of hydrogen-bond acceptors (Lipinski definition) is 4. The summed E-state index contributed by atoms with van der Waals surface area (Å²) < 4.78 is 22.4. The Morgan fingerprint density at radius 3 is 2.41 bits per heavy atom. The monoisotopic (exact) mass is 410 g/mol. The molecule has 0 unspecified atom stereocenters. The van der Waals surface area contributed by atoms with Gasteiger partial charge in [-0.3, -0.25) is 4.57 Å². The number of ether oxygens (including phenoxy) is 3. The molecule has 5 nitrogen and oxygen atoms in total. The fourth-order valence-electron chi connectivity index (χ4n) is 3.97. The van der Waals surface area contributed by atoms with E-state index in [0.717, 1.165) is 46.4 Å². The predicted molar refractivity (Wildman–Crippen MR) is 116 cm³/mol. The molecule has 0 radical (unpaired) electrons. The molecule has 2 aromatic carbocycles. The van der Waals surface area contributed by atoms with E-state index in [4.69, 9.17) is 26.4 Å². The SMILES string of the molecule is CCn1c(OCc2cccc(C)c2)c2n(c1=S)Cc1cc(OC)c(OC)cc1C2. The van der Waals surface area contributed by atoms with E-state index in [-0.39, 0.29) is 0 Å². The molecule has 29 heavy (non-hydrogen) atoms. The number of hydrogen-bond donors (Lipinski definition) is 0. The Balaban J connectivity index is 1.71. The number of rotatable bonds is 6. The van der Waals surface area contributed by atoms with E-state index in [1.165, 1.54) is 16.7 Å². The van der Waals surface area contributed by atoms with Gasteiger partial charge < -0.3 is 18.8 Å². The minimum Gasteiger partial charge on any atom is -0.493 e. The van der Waals surface area contributed by atoms with Crippen molar-refractivity contribution in [1.82, 2.24) is 9.13 Å². The number of fused-ring (bicyclic) bond motifs is 2. The minimum absolute atomic E-state index is 0.520. The van der Waals surface area contributed by atoms with Crippen molar-refractivity contribution in [3.05, 3.63) is 69.1 Å². The van der Waals surface area contributed by atoms with Crippen LogP contribution in [0.2, 0.25) is 0 Å². The first kappa shape index (κ1) is 19.6. The summed E-state index contributed by atoms with van der Waals surface area (Å²) in [5, 5.41) is 0. The Morgan fingerprint density at radius 1 is 1.03 bits per heavy atom. The van der Waals surface area contributed by atoms with Gasteiger partial charge in [-0.1, -0.05) is 29.8 Å². The van der Waals surface area contributed by atoms with Crippen molar-refractivity contribution in [2.75, 3.05) is 14.2 Å². The molecular weight excluding hydrogens is 384 g/mol. The quantitative estimate of drug-likeness (QED) is 0.424. The highest BCUT2D eigenvalue weighted by molar-refractivity contribution is 7.71. The molecule has 0 aliphatic carbocycles. The fraction of sp³-hybridized carbons (Fsp3) is 0.348. The van der Waals surface area contributed by atoms with E-state index in [1.54, 1.807) is 14.2 Å². The van der Waals surface area contributed by atoms with Crippen molar-refractivity contribution in [1.29, 1.82) is 0 Å². The van der Waals surface area contributed by atoms with E-state index in [2.05, 4.69) is 59.4 Å². The smallest absolute Gasteiger partial charge is 0.216 e. The van der Waals surface area contributed by atoms with Crippen molar-refractivity contribution in [3.63, 3.8) is 0 Å². The molecule has 152 valence electrons. The minimum atomic E-state index is 0.520. The van der Waals surface area contributed by atoms with Crippen LogP contribution >= 0.6 is 12.2 Å². The van der Waals surface area contributed by atoms with Crippen LogP contribution < -0.4 is 14.2 Å². The lowest BCUT2D eigenvalue weighted by Gasteiger charge is -2.21. The molecule has 0 bridgehead atoms. The molecule has 0 saturated carbocycles. The average molecular weight is 411 g/mol. The van der Waals surface area contributed by atoms with Crippen molar-refractivity contribution in [2.45, 2.75) is 40.0 Å². The van der Waals surface area contributed by atoms with Gasteiger partial charge in [-0.25, -0.2) is 0 Å². The van der Waals surface area contributed by atoms with Crippen LogP contribution in [0.4, 0.5) is 0 Å². The van der Waals surface area contributed by atoms with Crippen molar-refractivity contribution >= 4 is 12.2 Å². The van der Waals surface area contributed by atoms with Gasteiger partial charge in [-0.15, -0.1) is 0 Å². The molecule has 1 aliphatic heterocycles. The third kappa shape index (κ3) is 3.53. The number of imidazole rings is 1. The first-order chi connectivity index (χ1) is 14.0. The largest absolute Gasteiger partial charge is 0.493 e. The molecule has 0 N–H and O–H groups in total. The lowest BCUT2D eigenvalue weighted by atomic mass is 9.98. The number of methoxy groups -OCH3 is 2. The molecule has 0 spiro atoms. The van der Waals surface area contributed by atoms with Gasteiger partial charge in [-0.05, 0) is 54.9 Å². The molecule has 1 aliphatic rings. The number of nitrogens with zero attached hydrogens (tertiary/aromatic N) is 2. The third-order valence-electron chi connectivity index (χ3n) is 5.45. The van der Waals surface area contributed by atoms with E-state index < -0.39 is 0 Å². The Labute approximate surface area is 176 Å². The van der Waals surface area contributed by atoms with Gasteiger partial charge in [-0.2, -0.15) is 0 Å². The van der Waals surface area contributed by atoms with Crippen LogP contribution in [0.15, 0.2) is 36.4 Å². The Bertz CT molecular complexity index is 1110. The van der Waals surface area contributed by atoms with Crippen LogP contribution in [0.3, 0.4) is 0 Å². The molecule has 0 saturated heterocycles. The topological polar surface area (TPSA) is 37.5 Å². The highest BCUT2D eigenvalue weighted by Crippen LogP contribution is 2.37. The molecule has 1 aromatic heterocycles. The van der Waals surface area contributed by atoms with Gasteiger partial charge in [0.2, 0.25) is 5.88 Å².